The van der Waals surface area contributed by atoms with Crippen LogP contribution in [0, 0.1) is 6.92 Å². The second-order valence-electron chi connectivity index (χ2n) is 4.95. The first-order valence-electron chi connectivity index (χ1n) is 6.61. The van der Waals surface area contributed by atoms with Gasteiger partial charge in [-0.2, -0.15) is 0 Å². The highest BCUT2D eigenvalue weighted by atomic mass is 15.1. The lowest BCUT2D eigenvalue weighted by Crippen LogP contribution is -2.19. The molecule has 1 heteroatoms. The van der Waals surface area contributed by atoms with Gasteiger partial charge >= 0.3 is 0 Å². The average Bonchev–Trinajstić information content (AvgIpc) is 2.76. The average molecular weight is 217 g/mol. The molecule has 1 nitrogen and oxygen atoms in total. The van der Waals surface area contributed by atoms with E-state index in [2.05, 4.69) is 36.9 Å². The summed E-state index contributed by atoms with van der Waals surface area (Å²) in [6.07, 6.45) is 5.25. The fraction of sp³-hybridized carbons (Fsp3) is 0.600. The highest BCUT2D eigenvalue weighted by molar-refractivity contribution is 5.34. The summed E-state index contributed by atoms with van der Waals surface area (Å²) in [5, 5.41) is 0. The minimum atomic E-state index is 1.16. The van der Waals surface area contributed by atoms with E-state index in [1.54, 1.807) is 11.1 Å². The molecule has 0 N–H and O–H groups in total. The maximum atomic E-state index is 2.59. The molecule has 2 rings (SSSR count). The van der Waals surface area contributed by atoms with Crippen LogP contribution in [0.4, 0.5) is 0 Å². The van der Waals surface area contributed by atoms with Gasteiger partial charge < -0.3 is 0 Å². The second-order valence-corrected chi connectivity index (χ2v) is 4.95. The molecule has 1 aromatic rings. The summed E-state index contributed by atoms with van der Waals surface area (Å²) < 4.78 is 0. The van der Waals surface area contributed by atoms with E-state index in [0.717, 1.165) is 6.54 Å². The van der Waals surface area contributed by atoms with Crippen molar-refractivity contribution in [3.05, 3.63) is 34.9 Å². The second kappa shape index (κ2) is 5.49. The molecule has 1 aromatic carbocycles. The van der Waals surface area contributed by atoms with Crippen LogP contribution in [0.25, 0.3) is 0 Å². The van der Waals surface area contributed by atoms with E-state index in [1.165, 1.54) is 44.3 Å². The van der Waals surface area contributed by atoms with Crippen LogP contribution in [-0.4, -0.2) is 18.0 Å². The van der Waals surface area contributed by atoms with E-state index < -0.39 is 0 Å². The van der Waals surface area contributed by atoms with Crippen LogP contribution in [0.5, 0.6) is 0 Å². The summed E-state index contributed by atoms with van der Waals surface area (Å²) in [6, 6.07) is 6.77. The minimum Gasteiger partial charge on any atom is -0.299 e. The zero-order valence-corrected chi connectivity index (χ0v) is 10.6. The number of aryl methyl sites for hydroxylation is 1. The van der Waals surface area contributed by atoms with Crippen molar-refractivity contribution in [1.82, 2.24) is 4.90 Å². The molecule has 0 aromatic heterocycles. The Hall–Kier alpha value is -0.820. The van der Waals surface area contributed by atoms with E-state index in [-0.39, 0.29) is 0 Å². The molecule has 0 saturated carbocycles. The maximum absolute atomic E-state index is 2.59. The third kappa shape index (κ3) is 2.65. The molecule has 1 saturated heterocycles. The maximum Gasteiger partial charge on any atom is 0.0236 e. The Labute approximate surface area is 99.5 Å². The van der Waals surface area contributed by atoms with Gasteiger partial charge in [0.25, 0.3) is 0 Å². The Balaban J connectivity index is 2.14. The third-order valence-electron chi connectivity index (χ3n) is 3.60. The molecule has 88 valence electrons. The molecule has 1 aliphatic rings. The highest BCUT2D eigenvalue weighted by Gasteiger charge is 2.13. The van der Waals surface area contributed by atoms with Crippen molar-refractivity contribution >= 4 is 0 Å². The molecule has 16 heavy (non-hydrogen) atoms. The van der Waals surface area contributed by atoms with Gasteiger partial charge in [0.05, 0.1) is 0 Å². The highest BCUT2D eigenvalue weighted by Crippen LogP contribution is 2.20. The normalized spacial score (nSPS) is 16.9. The van der Waals surface area contributed by atoms with Crippen molar-refractivity contribution in [2.24, 2.45) is 0 Å². The van der Waals surface area contributed by atoms with Gasteiger partial charge in [-0.15, -0.1) is 0 Å². The number of likely N-dealkylation sites (tertiary alicyclic amines) is 1. The number of benzene rings is 1. The van der Waals surface area contributed by atoms with Gasteiger partial charge in [-0.05, 0) is 56.0 Å². The Morgan fingerprint density at radius 1 is 1.19 bits per heavy atom. The molecule has 1 heterocycles. The van der Waals surface area contributed by atoms with Crippen LogP contribution in [-0.2, 0) is 13.0 Å². The van der Waals surface area contributed by atoms with Crippen LogP contribution in [0.3, 0.4) is 0 Å². The topological polar surface area (TPSA) is 3.24 Å². The van der Waals surface area contributed by atoms with Crippen LogP contribution in [0.15, 0.2) is 18.2 Å². The lowest BCUT2D eigenvalue weighted by molar-refractivity contribution is 0.330. The van der Waals surface area contributed by atoms with Gasteiger partial charge in [0.2, 0.25) is 0 Å². The van der Waals surface area contributed by atoms with E-state index in [0.29, 0.717) is 0 Å². The van der Waals surface area contributed by atoms with Crippen molar-refractivity contribution < 1.29 is 0 Å². The van der Waals surface area contributed by atoms with Crippen molar-refractivity contribution in [1.29, 1.82) is 0 Å². The van der Waals surface area contributed by atoms with Gasteiger partial charge in [-0.1, -0.05) is 31.5 Å². The van der Waals surface area contributed by atoms with Gasteiger partial charge in [0.15, 0.2) is 0 Å². The van der Waals surface area contributed by atoms with Gasteiger partial charge in [0, 0.05) is 6.54 Å². The zero-order valence-electron chi connectivity index (χ0n) is 10.6. The molecule has 0 unspecified atom stereocenters. The first kappa shape index (κ1) is 11.7. The summed E-state index contributed by atoms with van der Waals surface area (Å²) in [7, 11) is 0. The molecular formula is C15H23N. The summed E-state index contributed by atoms with van der Waals surface area (Å²) in [6.45, 7) is 8.26. The van der Waals surface area contributed by atoms with Crippen molar-refractivity contribution in [3.63, 3.8) is 0 Å². The predicted molar refractivity (Wildman–Crippen MR) is 69.7 cm³/mol. The largest absolute Gasteiger partial charge is 0.299 e. The van der Waals surface area contributed by atoms with Crippen LogP contribution < -0.4 is 0 Å². The molecule has 1 fully saturated rings. The lowest BCUT2D eigenvalue weighted by atomic mass is 9.97. The molecule has 0 atom stereocenters. The van der Waals surface area contributed by atoms with E-state index >= 15 is 0 Å². The van der Waals surface area contributed by atoms with Crippen molar-refractivity contribution in [3.8, 4) is 0 Å². The Morgan fingerprint density at radius 3 is 2.62 bits per heavy atom. The monoisotopic (exact) mass is 217 g/mol. The van der Waals surface area contributed by atoms with Gasteiger partial charge in [-0.25, -0.2) is 0 Å². The summed E-state index contributed by atoms with van der Waals surface area (Å²) in [5.74, 6) is 0. The molecule has 0 spiro atoms. The predicted octanol–water partition coefficient (Wildman–Crippen LogP) is 3.54. The van der Waals surface area contributed by atoms with E-state index in [4.69, 9.17) is 0 Å². The first-order chi connectivity index (χ1) is 7.81. The standard InChI is InChI=1S/C15H23N/c1-3-7-15-13(2)8-6-9-14(15)12-16-10-4-5-11-16/h6,8-9H,3-5,7,10-12H2,1-2H3. The zero-order chi connectivity index (χ0) is 11.4. The number of hydrogen-bond donors (Lipinski definition) is 0. The SMILES string of the molecule is CCCc1c(C)cccc1CN1CCCC1. The number of rotatable bonds is 4. The Bertz CT molecular complexity index is 337. The van der Waals surface area contributed by atoms with Crippen molar-refractivity contribution in [2.75, 3.05) is 13.1 Å². The van der Waals surface area contributed by atoms with Crippen LogP contribution >= 0.6 is 0 Å². The fourth-order valence-electron chi connectivity index (χ4n) is 2.70. The Kier molecular flexibility index (Phi) is 4.00. The number of nitrogens with zero attached hydrogens (tertiary/aromatic N) is 1. The van der Waals surface area contributed by atoms with Crippen LogP contribution in [0.2, 0.25) is 0 Å². The summed E-state index contributed by atoms with van der Waals surface area (Å²) >= 11 is 0. The third-order valence-corrected chi connectivity index (χ3v) is 3.60. The van der Waals surface area contributed by atoms with Gasteiger partial charge in [0.1, 0.15) is 0 Å². The smallest absolute Gasteiger partial charge is 0.0236 e. The molecule has 0 amide bonds. The molecular weight excluding hydrogens is 194 g/mol. The van der Waals surface area contributed by atoms with Crippen molar-refractivity contribution in [2.45, 2.75) is 46.1 Å². The first-order valence-corrected chi connectivity index (χ1v) is 6.61. The van der Waals surface area contributed by atoms with E-state index in [1.807, 2.05) is 0 Å². The number of hydrogen-bond acceptors (Lipinski definition) is 1. The van der Waals surface area contributed by atoms with Crippen LogP contribution in [0.1, 0.15) is 42.9 Å². The Morgan fingerprint density at radius 2 is 1.94 bits per heavy atom. The molecule has 1 aliphatic heterocycles. The van der Waals surface area contributed by atoms with Gasteiger partial charge in [-0.3, -0.25) is 4.90 Å². The quantitative estimate of drug-likeness (QED) is 0.745. The fourth-order valence-corrected chi connectivity index (χ4v) is 2.70. The molecule has 0 radical (unpaired) electrons. The van der Waals surface area contributed by atoms with E-state index in [9.17, 15) is 0 Å². The molecule has 0 aliphatic carbocycles. The summed E-state index contributed by atoms with van der Waals surface area (Å²) in [4.78, 5) is 2.59. The summed E-state index contributed by atoms with van der Waals surface area (Å²) in [5.41, 5.74) is 4.62. The minimum absolute atomic E-state index is 1.16. The molecule has 0 bridgehead atoms. The lowest BCUT2D eigenvalue weighted by Gasteiger charge is -2.18.